The van der Waals surface area contributed by atoms with Crippen LogP contribution in [-0.4, -0.2) is 33.9 Å². The Balaban J connectivity index is 2.19. The molecule has 1 aromatic heterocycles. The molecule has 0 spiro atoms. The van der Waals surface area contributed by atoms with Gasteiger partial charge in [-0.1, -0.05) is 6.92 Å². The number of ether oxygens (including phenoxy) is 1. The second-order valence-electron chi connectivity index (χ2n) is 5.25. The standard InChI is InChI=1S/C12H23N5O/c1-10-4-6-12(18-2,7-5-10)11-14-15-16-17(11)9-3-8-13/h10H,3-9,13H2,1-2H3. The minimum atomic E-state index is -0.301. The number of hydrogen-bond acceptors (Lipinski definition) is 5. The van der Waals surface area contributed by atoms with E-state index in [4.69, 9.17) is 10.5 Å². The molecule has 1 aromatic rings. The topological polar surface area (TPSA) is 78.9 Å². The molecular formula is C12H23N5O. The molecule has 1 fully saturated rings. The van der Waals surface area contributed by atoms with Gasteiger partial charge in [-0.25, -0.2) is 4.68 Å². The number of nitrogens with two attached hydrogens (primary N) is 1. The van der Waals surface area contributed by atoms with Crippen LogP contribution in [0.2, 0.25) is 0 Å². The Bertz CT molecular complexity index is 370. The first kappa shape index (κ1) is 13.4. The van der Waals surface area contributed by atoms with Crippen LogP contribution >= 0.6 is 0 Å². The van der Waals surface area contributed by atoms with E-state index in [-0.39, 0.29) is 5.60 Å². The third kappa shape index (κ3) is 2.54. The van der Waals surface area contributed by atoms with Gasteiger partial charge in [-0.05, 0) is 55.0 Å². The van der Waals surface area contributed by atoms with Gasteiger partial charge in [0.1, 0.15) is 5.60 Å². The lowest BCUT2D eigenvalue weighted by atomic mass is 9.79. The summed E-state index contributed by atoms with van der Waals surface area (Å²) in [5.74, 6) is 1.63. The number of nitrogens with zero attached hydrogens (tertiary/aromatic N) is 4. The van der Waals surface area contributed by atoms with Crippen molar-refractivity contribution in [1.82, 2.24) is 20.2 Å². The number of methoxy groups -OCH3 is 1. The molecule has 102 valence electrons. The van der Waals surface area contributed by atoms with Crippen molar-refractivity contribution in [2.45, 2.75) is 51.2 Å². The number of tetrazole rings is 1. The summed E-state index contributed by atoms with van der Waals surface area (Å²) in [7, 11) is 1.76. The second kappa shape index (κ2) is 5.75. The van der Waals surface area contributed by atoms with E-state index in [1.807, 2.05) is 4.68 Å². The zero-order valence-electron chi connectivity index (χ0n) is 11.3. The van der Waals surface area contributed by atoms with Crippen LogP contribution in [0.1, 0.15) is 44.9 Å². The second-order valence-corrected chi connectivity index (χ2v) is 5.25. The van der Waals surface area contributed by atoms with Crippen LogP contribution in [0.3, 0.4) is 0 Å². The van der Waals surface area contributed by atoms with Gasteiger partial charge in [0, 0.05) is 13.7 Å². The Morgan fingerprint density at radius 1 is 1.44 bits per heavy atom. The smallest absolute Gasteiger partial charge is 0.183 e. The van der Waals surface area contributed by atoms with Crippen LogP contribution in [0.15, 0.2) is 0 Å². The van der Waals surface area contributed by atoms with Crippen molar-refractivity contribution in [2.24, 2.45) is 11.7 Å². The van der Waals surface area contributed by atoms with E-state index >= 15 is 0 Å². The summed E-state index contributed by atoms with van der Waals surface area (Å²) in [5, 5.41) is 12.1. The molecule has 1 heterocycles. The van der Waals surface area contributed by atoms with Gasteiger partial charge in [-0.3, -0.25) is 0 Å². The number of rotatable bonds is 5. The van der Waals surface area contributed by atoms with Gasteiger partial charge < -0.3 is 10.5 Å². The van der Waals surface area contributed by atoms with Crippen LogP contribution in [0.25, 0.3) is 0 Å². The average Bonchev–Trinajstić information content (AvgIpc) is 2.87. The summed E-state index contributed by atoms with van der Waals surface area (Å²) in [5.41, 5.74) is 5.24. The highest BCUT2D eigenvalue weighted by atomic mass is 16.5. The highest BCUT2D eigenvalue weighted by Crippen LogP contribution is 2.40. The summed E-state index contributed by atoms with van der Waals surface area (Å²) in [6, 6.07) is 0. The predicted octanol–water partition coefficient (Wildman–Crippen LogP) is 1.07. The van der Waals surface area contributed by atoms with Gasteiger partial charge in [-0.2, -0.15) is 0 Å². The maximum atomic E-state index is 5.80. The molecule has 0 amide bonds. The van der Waals surface area contributed by atoms with E-state index in [9.17, 15) is 0 Å². The van der Waals surface area contributed by atoms with Crippen LogP contribution in [0, 0.1) is 5.92 Å². The highest BCUT2D eigenvalue weighted by Gasteiger charge is 2.40. The summed E-state index contributed by atoms with van der Waals surface area (Å²) in [6.07, 6.45) is 5.20. The summed E-state index contributed by atoms with van der Waals surface area (Å²) in [4.78, 5) is 0. The lowest BCUT2D eigenvalue weighted by Crippen LogP contribution is -2.36. The van der Waals surface area contributed by atoms with Crippen molar-refractivity contribution in [1.29, 1.82) is 0 Å². The zero-order chi connectivity index (χ0) is 13.0. The molecule has 1 aliphatic carbocycles. The number of aryl methyl sites for hydroxylation is 1. The Morgan fingerprint density at radius 2 is 2.17 bits per heavy atom. The van der Waals surface area contributed by atoms with Crippen LogP contribution in [0.5, 0.6) is 0 Å². The first-order valence-corrected chi connectivity index (χ1v) is 6.74. The van der Waals surface area contributed by atoms with E-state index < -0.39 is 0 Å². The molecule has 1 aliphatic rings. The van der Waals surface area contributed by atoms with Crippen molar-refractivity contribution in [3.8, 4) is 0 Å². The molecule has 2 N–H and O–H groups in total. The molecule has 0 radical (unpaired) electrons. The first-order valence-electron chi connectivity index (χ1n) is 6.74. The Morgan fingerprint density at radius 3 is 2.78 bits per heavy atom. The van der Waals surface area contributed by atoms with E-state index in [0.717, 1.165) is 50.4 Å². The van der Waals surface area contributed by atoms with E-state index in [0.29, 0.717) is 6.54 Å². The predicted molar refractivity (Wildman–Crippen MR) is 67.8 cm³/mol. The number of aromatic nitrogens is 4. The van der Waals surface area contributed by atoms with Crippen molar-refractivity contribution in [3.63, 3.8) is 0 Å². The third-order valence-corrected chi connectivity index (χ3v) is 3.99. The quantitative estimate of drug-likeness (QED) is 0.849. The van der Waals surface area contributed by atoms with Crippen LogP contribution < -0.4 is 5.73 Å². The summed E-state index contributed by atoms with van der Waals surface area (Å²) in [6.45, 7) is 3.70. The fraction of sp³-hybridized carbons (Fsp3) is 0.917. The zero-order valence-corrected chi connectivity index (χ0v) is 11.3. The highest BCUT2D eigenvalue weighted by molar-refractivity contribution is 5.03. The Labute approximate surface area is 108 Å². The molecule has 0 bridgehead atoms. The average molecular weight is 253 g/mol. The van der Waals surface area contributed by atoms with Gasteiger partial charge in [0.2, 0.25) is 0 Å². The maximum absolute atomic E-state index is 5.80. The molecule has 6 heteroatoms. The fourth-order valence-electron chi connectivity index (χ4n) is 2.67. The van der Waals surface area contributed by atoms with Gasteiger partial charge >= 0.3 is 0 Å². The third-order valence-electron chi connectivity index (χ3n) is 3.99. The van der Waals surface area contributed by atoms with Crippen LogP contribution in [-0.2, 0) is 16.9 Å². The lowest BCUT2D eigenvalue weighted by Gasteiger charge is -2.36. The van der Waals surface area contributed by atoms with Gasteiger partial charge in [0.25, 0.3) is 0 Å². The van der Waals surface area contributed by atoms with Gasteiger partial charge in [0.15, 0.2) is 5.82 Å². The summed E-state index contributed by atoms with van der Waals surface area (Å²) >= 11 is 0. The Hall–Kier alpha value is -1.01. The minimum Gasteiger partial charge on any atom is -0.370 e. The molecule has 0 aromatic carbocycles. The number of hydrogen-bond donors (Lipinski definition) is 1. The first-order chi connectivity index (χ1) is 8.72. The van der Waals surface area contributed by atoms with Crippen molar-refractivity contribution in [3.05, 3.63) is 5.82 Å². The largest absolute Gasteiger partial charge is 0.370 e. The van der Waals surface area contributed by atoms with E-state index in [2.05, 4.69) is 22.4 Å². The maximum Gasteiger partial charge on any atom is 0.183 e. The molecule has 18 heavy (non-hydrogen) atoms. The van der Waals surface area contributed by atoms with E-state index in [1.54, 1.807) is 7.11 Å². The SMILES string of the molecule is COC1(c2nnnn2CCCN)CCC(C)CC1. The van der Waals surface area contributed by atoms with Crippen LogP contribution in [0.4, 0.5) is 0 Å². The monoisotopic (exact) mass is 253 g/mol. The minimum absolute atomic E-state index is 0.301. The lowest BCUT2D eigenvalue weighted by molar-refractivity contribution is -0.0629. The molecule has 0 aliphatic heterocycles. The Kier molecular flexibility index (Phi) is 4.29. The molecule has 1 saturated carbocycles. The molecule has 6 nitrogen and oxygen atoms in total. The van der Waals surface area contributed by atoms with Crippen molar-refractivity contribution < 1.29 is 4.74 Å². The molecule has 0 atom stereocenters. The molecular weight excluding hydrogens is 230 g/mol. The van der Waals surface area contributed by atoms with Gasteiger partial charge in [0.05, 0.1) is 0 Å². The van der Waals surface area contributed by atoms with Crippen molar-refractivity contribution >= 4 is 0 Å². The molecule has 0 unspecified atom stereocenters. The van der Waals surface area contributed by atoms with Crippen molar-refractivity contribution in [2.75, 3.05) is 13.7 Å². The van der Waals surface area contributed by atoms with Gasteiger partial charge in [-0.15, -0.1) is 5.10 Å². The van der Waals surface area contributed by atoms with E-state index in [1.165, 1.54) is 0 Å². The molecule has 0 saturated heterocycles. The summed E-state index contributed by atoms with van der Waals surface area (Å²) < 4.78 is 7.65. The normalized spacial score (nSPS) is 28.5. The molecule has 2 rings (SSSR count). The fourth-order valence-corrected chi connectivity index (χ4v) is 2.67.